The van der Waals surface area contributed by atoms with E-state index in [1.54, 1.807) is 18.2 Å². The molecule has 0 radical (unpaired) electrons. The molecule has 2 rings (SSSR count). The van der Waals surface area contributed by atoms with E-state index in [0.717, 1.165) is 0 Å². The number of carboxylic acid groups (broad SMARTS) is 1. The summed E-state index contributed by atoms with van der Waals surface area (Å²) in [5, 5.41) is 9.37. The lowest BCUT2D eigenvalue weighted by molar-refractivity contribution is -0.139. The molecule has 1 aliphatic rings. The maximum Gasteiger partial charge on any atom is 0.355 e. The summed E-state index contributed by atoms with van der Waals surface area (Å²) in [5.41, 5.74) is 0.0901. The van der Waals surface area contributed by atoms with Gasteiger partial charge in [0.1, 0.15) is 17.0 Å². The number of methoxy groups -OCH3 is 3. The highest BCUT2D eigenvalue weighted by Gasteiger charge is 2.28. The molecule has 1 N–H and O–H groups in total. The first-order valence-electron chi connectivity index (χ1n) is 7.41. The van der Waals surface area contributed by atoms with Crippen molar-refractivity contribution in [3.63, 3.8) is 0 Å². The Morgan fingerprint density at radius 2 is 1.69 bits per heavy atom. The Labute approximate surface area is 149 Å². The van der Waals surface area contributed by atoms with Crippen LogP contribution in [0.1, 0.15) is 10.4 Å². The number of carbonyl (C=O) groups excluding carboxylic acids is 2. The molecular weight excluding hydrogens is 342 g/mol. The number of ether oxygens (including phenoxy) is 3. The van der Waals surface area contributed by atoms with E-state index in [-0.39, 0.29) is 22.6 Å². The highest BCUT2D eigenvalue weighted by molar-refractivity contribution is 6.05. The Balaban J connectivity index is 2.69. The smallest absolute Gasteiger partial charge is 0.355 e. The average molecular weight is 359 g/mol. The maximum absolute atomic E-state index is 12.3. The number of esters is 2. The Bertz CT molecular complexity index is 836. The summed E-state index contributed by atoms with van der Waals surface area (Å²) >= 11 is 0. The highest BCUT2D eigenvalue weighted by Crippen LogP contribution is 2.30. The Hall–Kier alpha value is -3.55. The standard InChI is InChI=1S/C18H17NO7/c1-24-14-8-7-11(10-13(14)16(20)21)19-9-5-4-6-12(17(22)25-2)15(19)18(23)26-3/h4-10H,1-3H3,(H,20,21). The summed E-state index contributed by atoms with van der Waals surface area (Å²) in [6.07, 6.45) is 6.06. The van der Waals surface area contributed by atoms with Crippen LogP contribution in [-0.4, -0.2) is 44.3 Å². The number of anilines is 1. The molecule has 1 heterocycles. The summed E-state index contributed by atoms with van der Waals surface area (Å²) in [4.78, 5) is 37.3. The van der Waals surface area contributed by atoms with Crippen LogP contribution in [0.4, 0.5) is 5.69 Å². The molecule has 0 spiro atoms. The molecule has 0 bridgehead atoms. The van der Waals surface area contributed by atoms with Gasteiger partial charge in [0.25, 0.3) is 0 Å². The molecule has 136 valence electrons. The van der Waals surface area contributed by atoms with Crippen molar-refractivity contribution >= 4 is 23.6 Å². The molecule has 0 aliphatic carbocycles. The van der Waals surface area contributed by atoms with E-state index in [1.807, 2.05) is 0 Å². The average Bonchev–Trinajstić information content (AvgIpc) is 2.89. The third kappa shape index (κ3) is 3.59. The van der Waals surface area contributed by atoms with Crippen molar-refractivity contribution in [2.75, 3.05) is 26.2 Å². The molecule has 0 aromatic heterocycles. The fraction of sp³-hybridized carbons (Fsp3) is 0.167. The number of aromatic carboxylic acids is 1. The lowest BCUT2D eigenvalue weighted by Gasteiger charge is -2.23. The van der Waals surface area contributed by atoms with Gasteiger partial charge >= 0.3 is 17.9 Å². The second-order valence-electron chi connectivity index (χ2n) is 5.01. The van der Waals surface area contributed by atoms with Crippen molar-refractivity contribution in [1.29, 1.82) is 0 Å². The molecular formula is C18H17NO7. The van der Waals surface area contributed by atoms with E-state index in [0.29, 0.717) is 5.69 Å². The molecule has 0 saturated carbocycles. The van der Waals surface area contributed by atoms with Gasteiger partial charge in [-0.2, -0.15) is 0 Å². The third-order valence-corrected chi connectivity index (χ3v) is 3.58. The number of allylic oxidation sites excluding steroid dienone is 2. The predicted molar refractivity (Wildman–Crippen MR) is 91.8 cm³/mol. The molecule has 0 amide bonds. The van der Waals surface area contributed by atoms with Crippen molar-refractivity contribution in [3.8, 4) is 5.75 Å². The Kier molecular flexibility index (Phi) is 5.79. The van der Waals surface area contributed by atoms with Crippen LogP contribution in [-0.2, 0) is 19.1 Å². The lowest BCUT2D eigenvalue weighted by atomic mass is 10.1. The van der Waals surface area contributed by atoms with Crippen LogP contribution in [0.3, 0.4) is 0 Å². The zero-order valence-electron chi connectivity index (χ0n) is 14.4. The van der Waals surface area contributed by atoms with Gasteiger partial charge < -0.3 is 24.2 Å². The van der Waals surface area contributed by atoms with Gasteiger partial charge in [-0.3, -0.25) is 0 Å². The topological polar surface area (TPSA) is 102 Å². The second-order valence-corrected chi connectivity index (χ2v) is 5.01. The first-order chi connectivity index (χ1) is 12.4. The third-order valence-electron chi connectivity index (χ3n) is 3.58. The predicted octanol–water partition coefficient (Wildman–Crippen LogP) is 1.88. The van der Waals surface area contributed by atoms with Gasteiger partial charge in [-0.25, -0.2) is 14.4 Å². The van der Waals surface area contributed by atoms with E-state index < -0.39 is 17.9 Å². The van der Waals surface area contributed by atoms with Crippen LogP contribution in [0.5, 0.6) is 5.75 Å². The van der Waals surface area contributed by atoms with Crippen LogP contribution in [0.15, 0.2) is 53.9 Å². The quantitative estimate of drug-likeness (QED) is 0.795. The molecule has 8 heteroatoms. The second kappa shape index (κ2) is 8.02. The summed E-state index contributed by atoms with van der Waals surface area (Å²) in [6.45, 7) is 0. The van der Waals surface area contributed by atoms with Crippen molar-refractivity contribution < 1.29 is 33.7 Å². The summed E-state index contributed by atoms with van der Waals surface area (Å²) in [6, 6.07) is 4.34. The van der Waals surface area contributed by atoms with Gasteiger partial charge in [0.15, 0.2) is 0 Å². The van der Waals surface area contributed by atoms with Gasteiger partial charge in [0.2, 0.25) is 0 Å². The fourth-order valence-electron chi connectivity index (χ4n) is 2.38. The van der Waals surface area contributed by atoms with Gasteiger partial charge in [0.05, 0.1) is 26.9 Å². The normalized spacial score (nSPS) is 13.3. The van der Waals surface area contributed by atoms with Crippen LogP contribution in [0, 0.1) is 0 Å². The molecule has 1 aromatic rings. The summed E-state index contributed by atoms with van der Waals surface area (Å²) in [5.74, 6) is -2.55. The number of hydrogen-bond donors (Lipinski definition) is 1. The SMILES string of the molecule is COC(=O)C1=C(C(=O)OC)N(c2ccc(OC)c(C(=O)O)c2)C=CC=C1. The van der Waals surface area contributed by atoms with E-state index in [1.165, 1.54) is 50.6 Å². The number of rotatable bonds is 5. The van der Waals surface area contributed by atoms with E-state index in [9.17, 15) is 19.5 Å². The van der Waals surface area contributed by atoms with Crippen LogP contribution >= 0.6 is 0 Å². The molecule has 0 fully saturated rings. The monoisotopic (exact) mass is 359 g/mol. The fourth-order valence-corrected chi connectivity index (χ4v) is 2.38. The Morgan fingerprint density at radius 1 is 1.00 bits per heavy atom. The molecule has 26 heavy (non-hydrogen) atoms. The molecule has 0 unspecified atom stereocenters. The largest absolute Gasteiger partial charge is 0.496 e. The lowest BCUT2D eigenvalue weighted by Crippen LogP contribution is -2.27. The van der Waals surface area contributed by atoms with Gasteiger partial charge in [-0.1, -0.05) is 6.08 Å². The summed E-state index contributed by atoms with van der Waals surface area (Å²) < 4.78 is 14.6. The number of benzene rings is 1. The Morgan fingerprint density at radius 3 is 2.27 bits per heavy atom. The van der Waals surface area contributed by atoms with Crippen molar-refractivity contribution in [2.24, 2.45) is 0 Å². The molecule has 1 aromatic carbocycles. The van der Waals surface area contributed by atoms with Crippen molar-refractivity contribution in [2.45, 2.75) is 0 Å². The zero-order chi connectivity index (χ0) is 19.3. The molecule has 0 saturated heterocycles. The summed E-state index contributed by atoms with van der Waals surface area (Å²) in [7, 11) is 3.72. The first kappa shape index (κ1) is 18.8. The minimum atomic E-state index is -1.20. The number of carbonyl (C=O) groups is 3. The van der Waals surface area contributed by atoms with E-state index in [2.05, 4.69) is 0 Å². The van der Waals surface area contributed by atoms with Gasteiger partial charge in [-0.15, -0.1) is 0 Å². The number of hydrogen-bond acceptors (Lipinski definition) is 7. The minimum Gasteiger partial charge on any atom is -0.496 e. The van der Waals surface area contributed by atoms with Gasteiger partial charge in [0, 0.05) is 11.9 Å². The van der Waals surface area contributed by atoms with Crippen LogP contribution in [0.25, 0.3) is 0 Å². The van der Waals surface area contributed by atoms with Gasteiger partial charge in [-0.05, 0) is 30.4 Å². The van der Waals surface area contributed by atoms with E-state index >= 15 is 0 Å². The minimum absolute atomic E-state index is 0.0305. The molecule has 0 atom stereocenters. The molecule has 1 aliphatic heterocycles. The number of carboxylic acids is 1. The molecule has 8 nitrogen and oxygen atoms in total. The first-order valence-corrected chi connectivity index (χ1v) is 7.41. The number of nitrogens with zero attached hydrogens (tertiary/aromatic N) is 1. The van der Waals surface area contributed by atoms with E-state index in [4.69, 9.17) is 14.2 Å². The van der Waals surface area contributed by atoms with Crippen molar-refractivity contribution in [3.05, 3.63) is 59.5 Å². The zero-order valence-corrected chi connectivity index (χ0v) is 14.4. The van der Waals surface area contributed by atoms with Crippen LogP contribution < -0.4 is 9.64 Å². The maximum atomic E-state index is 12.3. The van der Waals surface area contributed by atoms with Crippen molar-refractivity contribution in [1.82, 2.24) is 0 Å². The highest BCUT2D eigenvalue weighted by atomic mass is 16.5. The van der Waals surface area contributed by atoms with Crippen LogP contribution in [0.2, 0.25) is 0 Å².